The van der Waals surface area contributed by atoms with Crippen molar-refractivity contribution < 1.29 is 9.90 Å². The predicted molar refractivity (Wildman–Crippen MR) is 81.5 cm³/mol. The second-order valence-electron chi connectivity index (χ2n) is 4.35. The number of aromatic carboxylic acids is 1. The average Bonchev–Trinajstić information content (AvgIpc) is 2.37. The zero-order chi connectivity index (χ0) is 14.9. The number of aromatic nitrogens is 2. The lowest BCUT2D eigenvalue weighted by molar-refractivity contribution is 0.0693. The highest BCUT2D eigenvalue weighted by molar-refractivity contribution is 9.10. The van der Waals surface area contributed by atoms with E-state index in [0.29, 0.717) is 10.1 Å². The van der Waals surface area contributed by atoms with Crippen LogP contribution in [-0.2, 0) is 0 Å². The zero-order valence-corrected chi connectivity index (χ0v) is 13.7. The summed E-state index contributed by atoms with van der Waals surface area (Å²) >= 11 is 4.54. The summed E-state index contributed by atoms with van der Waals surface area (Å²) in [4.78, 5) is 20.7. The highest BCUT2D eigenvalue weighted by Crippen LogP contribution is 2.30. The van der Waals surface area contributed by atoms with Crippen molar-refractivity contribution in [3.05, 3.63) is 45.2 Å². The van der Waals surface area contributed by atoms with Gasteiger partial charge in [-0.3, -0.25) is 0 Å². The first-order valence-corrected chi connectivity index (χ1v) is 7.52. The fourth-order valence-corrected chi connectivity index (χ4v) is 2.96. The molecule has 104 valence electrons. The molecule has 0 saturated heterocycles. The molecule has 20 heavy (non-hydrogen) atoms. The van der Waals surface area contributed by atoms with Crippen LogP contribution in [0.1, 0.15) is 27.3 Å². The van der Waals surface area contributed by atoms with Crippen LogP contribution in [-0.4, -0.2) is 21.0 Å². The molecule has 0 aliphatic carbocycles. The van der Waals surface area contributed by atoms with E-state index in [1.807, 2.05) is 26.8 Å². The number of benzene rings is 1. The number of aryl methyl sites for hydroxylation is 2. The van der Waals surface area contributed by atoms with Crippen LogP contribution in [0.4, 0.5) is 0 Å². The second-order valence-corrected chi connectivity index (χ2v) is 6.27. The fourth-order valence-electron chi connectivity index (χ4n) is 1.64. The Morgan fingerprint density at radius 3 is 2.35 bits per heavy atom. The fraction of sp³-hybridized carbons (Fsp3) is 0.214. The Kier molecular flexibility index (Phi) is 4.45. The van der Waals surface area contributed by atoms with Gasteiger partial charge in [-0.25, -0.2) is 14.8 Å². The first-order valence-electron chi connectivity index (χ1n) is 5.91. The van der Waals surface area contributed by atoms with Gasteiger partial charge in [0.1, 0.15) is 0 Å². The van der Waals surface area contributed by atoms with Crippen molar-refractivity contribution >= 4 is 33.7 Å². The Balaban J connectivity index is 2.42. The number of carboxylic acids is 1. The van der Waals surface area contributed by atoms with E-state index in [1.54, 1.807) is 12.1 Å². The van der Waals surface area contributed by atoms with Crippen LogP contribution in [0.25, 0.3) is 0 Å². The minimum Gasteiger partial charge on any atom is -0.478 e. The molecule has 6 heteroatoms. The van der Waals surface area contributed by atoms with Gasteiger partial charge in [-0.15, -0.1) is 0 Å². The molecule has 0 radical (unpaired) electrons. The largest absolute Gasteiger partial charge is 0.478 e. The maximum Gasteiger partial charge on any atom is 0.336 e. The molecule has 0 amide bonds. The first-order chi connectivity index (χ1) is 9.38. The van der Waals surface area contributed by atoms with Gasteiger partial charge in [-0.05, 0) is 56.3 Å². The van der Waals surface area contributed by atoms with E-state index < -0.39 is 5.97 Å². The smallest absolute Gasteiger partial charge is 0.336 e. The van der Waals surface area contributed by atoms with E-state index in [4.69, 9.17) is 0 Å². The van der Waals surface area contributed by atoms with E-state index in [0.717, 1.165) is 21.4 Å². The Hall–Kier alpha value is -1.40. The molecule has 2 rings (SSSR count). The van der Waals surface area contributed by atoms with Crippen molar-refractivity contribution in [3.8, 4) is 0 Å². The number of nitrogens with zero attached hydrogens (tertiary/aromatic N) is 2. The number of carboxylic acid groups (broad SMARTS) is 1. The zero-order valence-electron chi connectivity index (χ0n) is 11.3. The third kappa shape index (κ3) is 3.19. The van der Waals surface area contributed by atoms with Crippen LogP contribution < -0.4 is 0 Å². The van der Waals surface area contributed by atoms with Gasteiger partial charge in [0.2, 0.25) is 0 Å². The molecule has 1 aromatic carbocycles. The summed E-state index contributed by atoms with van der Waals surface area (Å²) in [5.41, 5.74) is 3.12. The average molecular weight is 353 g/mol. The minimum atomic E-state index is -0.964. The first kappa shape index (κ1) is 15.0. The summed E-state index contributed by atoms with van der Waals surface area (Å²) < 4.78 is 0.733. The molecule has 0 unspecified atom stereocenters. The lowest BCUT2D eigenvalue weighted by Crippen LogP contribution is -2.01. The summed E-state index contributed by atoms with van der Waals surface area (Å²) in [6.07, 6.45) is 0. The van der Waals surface area contributed by atoms with Crippen LogP contribution in [0.5, 0.6) is 0 Å². The summed E-state index contributed by atoms with van der Waals surface area (Å²) in [5, 5.41) is 9.81. The van der Waals surface area contributed by atoms with Crippen LogP contribution in [0.2, 0.25) is 0 Å². The van der Waals surface area contributed by atoms with Crippen molar-refractivity contribution in [2.24, 2.45) is 0 Å². The normalized spacial score (nSPS) is 10.6. The van der Waals surface area contributed by atoms with Crippen molar-refractivity contribution in [3.63, 3.8) is 0 Å². The van der Waals surface area contributed by atoms with E-state index >= 15 is 0 Å². The Morgan fingerprint density at radius 1 is 1.20 bits per heavy atom. The molecule has 0 aliphatic heterocycles. The van der Waals surface area contributed by atoms with Gasteiger partial charge in [-0.1, -0.05) is 15.9 Å². The molecule has 1 aromatic heterocycles. The molecule has 0 atom stereocenters. The van der Waals surface area contributed by atoms with Gasteiger partial charge >= 0.3 is 5.97 Å². The molecule has 2 aromatic rings. The molecule has 0 aliphatic rings. The summed E-state index contributed by atoms with van der Waals surface area (Å²) in [5.74, 6) is -0.964. The second kappa shape index (κ2) is 5.93. The molecule has 0 saturated carbocycles. The maximum atomic E-state index is 11.3. The summed E-state index contributed by atoms with van der Waals surface area (Å²) in [7, 11) is 0. The molecule has 4 nitrogen and oxygen atoms in total. The SMILES string of the molecule is Cc1nc(Sc2ccc(Br)cc2C(=O)O)nc(C)c1C. The van der Waals surface area contributed by atoms with Crippen molar-refractivity contribution in [1.29, 1.82) is 0 Å². The highest BCUT2D eigenvalue weighted by atomic mass is 79.9. The van der Waals surface area contributed by atoms with E-state index in [2.05, 4.69) is 25.9 Å². The number of hydrogen-bond acceptors (Lipinski definition) is 4. The lowest BCUT2D eigenvalue weighted by Gasteiger charge is -2.08. The molecule has 0 bridgehead atoms. The predicted octanol–water partition coefficient (Wildman–Crippen LogP) is 4.01. The quantitative estimate of drug-likeness (QED) is 0.845. The van der Waals surface area contributed by atoms with Crippen LogP contribution in [0.15, 0.2) is 32.7 Å². The third-order valence-corrected chi connectivity index (χ3v) is 4.42. The van der Waals surface area contributed by atoms with Crippen molar-refractivity contribution in [1.82, 2.24) is 9.97 Å². The number of halogens is 1. The number of hydrogen-bond donors (Lipinski definition) is 1. The van der Waals surface area contributed by atoms with Gasteiger partial charge in [-0.2, -0.15) is 0 Å². The topological polar surface area (TPSA) is 63.1 Å². The van der Waals surface area contributed by atoms with E-state index in [1.165, 1.54) is 11.8 Å². The lowest BCUT2D eigenvalue weighted by atomic mass is 10.2. The van der Waals surface area contributed by atoms with Crippen LogP contribution in [0, 0.1) is 20.8 Å². The van der Waals surface area contributed by atoms with Gasteiger partial charge < -0.3 is 5.11 Å². The van der Waals surface area contributed by atoms with Crippen LogP contribution in [0.3, 0.4) is 0 Å². The third-order valence-electron chi connectivity index (χ3n) is 2.99. The molecule has 1 N–H and O–H groups in total. The van der Waals surface area contributed by atoms with Gasteiger partial charge in [0, 0.05) is 20.8 Å². The van der Waals surface area contributed by atoms with Gasteiger partial charge in [0.15, 0.2) is 5.16 Å². The summed E-state index contributed by atoms with van der Waals surface area (Å²) in [6, 6.07) is 5.15. The van der Waals surface area contributed by atoms with Crippen LogP contribution >= 0.6 is 27.7 Å². The minimum absolute atomic E-state index is 0.240. The maximum absolute atomic E-state index is 11.3. The number of carbonyl (C=O) groups is 1. The Labute approximate surface area is 129 Å². The molecular weight excluding hydrogens is 340 g/mol. The van der Waals surface area contributed by atoms with Crippen molar-refractivity contribution in [2.45, 2.75) is 30.8 Å². The highest BCUT2D eigenvalue weighted by Gasteiger charge is 2.14. The molecule has 1 heterocycles. The van der Waals surface area contributed by atoms with E-state index in [-0.39, 0.29) is 5.56 Å². The Morgan fingerprint density at radius 2 is 1.80 bits per heavy atom. The standard InChI is InChI=1S/C14H13BrN2O2S/c1-7-8(2)16-14(17-9(7)3)20-12-5-4-10(15)6-11(12)13(18)19/h4-6H,1-3H3,(H,18,19). The molecule has 0 spiro atoms. The molecule has 0 fully saturated rings. The van der Waals surface area contributed by atoms with E-state index in [9.17, 15) is 9.90 Å². The monoisotopic (exact) mass is 352 g/mol. The molecular formula is C14H13BrN2O2S. The van der Waals surface area contributed by atoms with Crippen molar-refractivity contribution in [2.75, 3.05) is 0 Å². The number of rotatable bonds is 3. The van der Waals surface area contributed by atoms with Gasteiger partial charge in [0.05, 0.1) is 5.56 Å². The Bertz CT molecular complexity index is 666. The summed E-state index contributed by atoms with van der Waals surface area (Å²) in [6.45, 7) is 5.82. The van der Waals surface area contributed by atoms with Gasteiger partial charge in [0.25, 0.3) is 0 Å².